The van der Waals surface area contributed by atoms with Gasteiger partial charge in [-0.15, -0.1) is 0 Å². The number of carbonyl (C=O) groups excluding carboxylic acids is 1. The number of hydrogen-bond donors (Lipinski definition) is 0. The molecule has 29 heavy (non-hydrogen) atoms. The Hall–Kier alpha value is -2.74. The largest absolute Gasteiger partial charge is 0.497 e. The van der Waals surface area contributed by atoms with Crippen LogP contribution in [0.15, 0.2) is 42.5 Å². The number of sulfonamides is 1. The number of amides is 1. The number of rotatable bonds is 6. The van der Waals surface area contributed by atoms with Crippen LogP contribution in [-0.4, -0.2) is 47.4 Å². The van der Waals surface area contributed by atoms with Crippen molar-refractivity contribution in [1.82, 2.24) is 0 Å². The summed E-state index contributed by atoms with van der Waals surface area (Å²) in [7, 11) is -0.832. The number of ether oxygens (including phenoxy) is 2. The van der Waals surface area contributed by atoms with E-state index < -0.39 is 16.1 Å². The van der Waals surface area contributed by atoms with Crippen LogP contribution in [0.5, 0.6) is 11.5 Å². The maximum atomic E-state index is 13.4. The first-order valence-corrected chi connectivity index (χ1v) is 11.2. The molecular formula is C21H26N2O5S. The highest BCUT2D eigenvalue weighted by atomic mass is 32.2. The van der Waals surface area contributed by atoms with Gasteiger partial charge in [-0.05, 0) is 43.5 Å². The average molecular weight is 419 g/mol. The zero-order chi connectivity index (χ0) is 21.2. The summed E-state index contributed by atoms with van der Waals surface area (Å²) < 4.78 is 37.2. The lowest BCUT2D eigenvalue weighted by Crippen LogP contribution is -2.51. The lowest BCUT2D eigenvalue weighted by molar-refractivity contribution is -0.119. The van der Waals surface area contributed by atoms with Crippen molar-refractivity contribution in [3.05, 3.63) is 48.0 Å². The second kappa shape index (κ2) is 8.32. The van der Waals surface area contributed by atoms with Gasteiger partial charge in [0.2, 0.25) is 10.0 Å². The first kappa shape index (κ1) is 21.0. The molecule has 0 saturated carbocycles. The van der Waals surface area contributed by atoms with Crippen molar-refractivity contribution in [2.45, 2.75) is 25.8 Å². The lowest BCUT2D eigenvalue weighted by Gasteiger charge is -2.35. The highest BCUT2D eigenvalue weighted by Gasteiger charge is 2.35. The number of anilines is 2. The topological polar surface area (TPSA) is 76.2 Å². The van der Waals surface area contributed by atoms with Crippen LogP contribution in [0.1, 0.15) is 18.9 Å². The van der Waals surface area contributed by atoms with Crippen molar-refractivity contribution < 1.29 is 22.7 Å². The summed E-state index contributed by atoms with van der Waals surface area (Å²) in [6.45, 7) is 2.15. The zero-order valence-corrected chi connectivity index (χ0v) is 17.9. The SMILES string of the molecule is COc1ccc(OC)c(N([C@H](C)C(=O)N2CCCc3ccccc32)S(C)(=O)=O)c1. The maximum Gasteiger partial charge on any atom is 0.250 e. The van der Waals surface area contributed by atoms with E-state index in [4.69, 9.17) is 9.47 Å². The number of nitrogens with zero attached hydrogens (tertiary/aromatic N) is 2. The van der Waals surface area contributed by atoms with Gasteiger partial charge in [0, 0.05) is 18.3 Å². The summed E-state index contributed by atoms with van der Waals surface area (Å²) in [6.07, 6.45) is 2.81. The number of hydrogen-bond acceptors (Lipinski definition) is 5. The molecule has 0 unspecified atom stereocenters. The average Bonchev–Trinajstić information content (AvgIpc) is 2.71. The molecule has 1 aliphatic heterocycles. The van der Waals surface area contributed by atoms with Gasteiger partial charge in [0.1, 0.15) is 17.5 Å². The molecule has 1 amide bonds. The molecule has 3 rings (SSSR count). The Labute approximate surface area is 171 Å². The Morgan fingerprint density at radius 2 is 1.86 bits per heavy atom. The van der Waals surface area contributed by atoms with Gasteiger partial charge in [0.25, 0.3) is 5.91 Å². The van der Waals surface area contributed by atoms with Crippen molar-refractivity contribution >= 4 is 27.3 Å². The van der Waals surface area contributed by atoms with E-state index in [1.54, 1.807) is 30.0 Å². The van der Waals surface area contributed by atoms with Gasteiger partial charge in [-0.3, -0.25) is 9.10 Å². The fourth-order valence-corrected chi connectivity index (χ4v) is 4.90. The van der Waals surface area contributed by atoms with E-state index in [2.05, 4.69) is 0 Å². The van der Waals surface area contributed by atoms with Crippen LogP contribution in [0.3, 0.4) is 0 Å². The molecule has 0 radical (unpaired) electrons. The van der Waals surface area contributed by atoms with Crippen LogP contribution in [0.4, 0.5) is 11.4 Å². The minimum Gasteiger partial charge on any atom is -0.497 e. The fraction of sp³-hybridized carbons (Fsp3) is 0.381. The van der Waals surface area contributed by atoms with Gasteiger partial charge in [-0.25, -0.2) is 8.42 Å². The molecule has 0 bridgehead atoms. The summed E-state index contributed by atoms with van der Waals surface area (Å²) in [4.78, 5) is 15.1. The van der Waals surface area contributed by atoms with E-state index in [0.29, 0.717) is 18.0 Å². The Morgan fingerprint density at radius 3 is 2.52 bits per heavy atom. The van der Waals surface area contributed by atoms with Crippen molar-refractivity contribution in [3.63, 3.8) is 0 Å². The number of benzene rings is 2. The lowest BCUT2D eigenvalue weighted by atomic mass is 10.0. The number of carbonyl (C=O) groups is 1. The Balaban J connectivity index is 2.05. The molecule has 0 fully saturated rings. The molecule has 1 aliphatic rings. The van der Waals surface area contributed by atoms with Gasteiger partial charge in [-0.2, -0.15) is 0 Å². The summed E-state index contributed by atoms with van der Waals surface area (Å²) in [6, 6.07) is 11.6. The molecule has 0 aliphatic carbocycles. The van der Waals surface area contributed by atoms with Crippen molar-refractivity contribution in [3.8, 4) is 11.5 Å². The number of para-hydroxylation sites is 1. The quantitative estimate of drug-likeness (QED) is 0.721. The van der Waals surface area contributed by atoms with E-state index in [9.17, 15) is 13.2 Å². The van der Waals surface area contributed by atoms with Gasteiger partial charge < -0.3 is 14.4 Å². The molecule has 0 saturated heterocycles. The molecule has 0 spiro atoms. The molecule has 2 aromatic carbocycles. The molecule has 1 heterocycles. The van der Waals surface area contributed by atoms with E-state index >= 15 is 0 Å². The normalized spacial score (nSPS) is 14.7. The predicted molar refractivity (Wildman–Crippen MR) is 113 cm³/mol. The Morgan fingerprint density at radius 1 is 1.14 bits per heavy atom. The summed E-state index contributed by atoms with van der Waals surface area (Å²) in [5.74, 6) is 0.528. The predicted octanol–water partition coefficient (Wildman–Crippen LogP) is 2.84. The monoisotopic (exact) mass is 418 g/mol. The van der Waals surface area contributed by atoms with Crippen LogP contribution in [0.25, 0.3) is 0 Å². The van der Waals surface area contributed by atoms with Crippen molar-refractivity contribution in [1.29, 1.82) is 0 Å². The summed E-state index contributed by atoms with van der Waals surface area (Å²) >= 11 is 0. The van der Waals surface area contributed by atoms with Gasteiger partial charge in [0.05, 0.1) is 26.2 Å². The molecule has 8 heteroatoms. The Bertz CT molecular complexity index is 1010. The zero-order valence-electron chi connectivity index (χ0n) is 17.1. The van der Waals surface area contributed by atoms with E-state index in [0.717, 1.165) is 34.7 Å². The van der Waals surface area contributed by atoms with E-state index in [1.807, 2.05) is 24.3 Å². The molecule has 156 valence electrons. The van der Waals surface area contributed by atoms with Crippen LogP contribution < -0.4 is 18.7 Å². The standard InChI is InChI=1S/C21H26N2O5S/c1-15(21(24)22-13-7-9-16-8-5-6-10-18(16)22)23(29(4,25)26)19-14-17(27-2)11-12-20(19)28-3/h5-6,8,10-12,14-15H,7,9,13H2,1-4H3/t15-/m1/s1. The van der Waals surface area contributed by atoms with E-state index in [-0.39, 0.29) is 11.6 Å². The number of methoxy groups -OCH3 is 2. The van der Waals surface area contributed by atoms with Crippen LogP contribution in [-0.2, 0) is 21.2 Å². The van der Waals surface area contributed by atoms with Crippen LogP contribution in [0, 0.1) is 0 Å². The number of fused-ring (bicyclic) bond motifs is 1. The fourth-order valence-electron chi connectivity index (χ4n) is 3.73. The van der Waals surface area contributed by atoms with Gasteiger partial charge in [-0.1, -0.05) is 18.2 Å². The minimum absolute atomic E-state index is 0.264. The highest BCUT2D eigenvalue weighted by molar-refractivity contribution is 7.92. The summed E-state index contributed by atoms with van der Waals surface area (Å²) in [5, 5.41) is 0. The van der Waals surface area contributed by atoms with Crippen molar-refractivity contribution in [2.24, 2.45) is 0 Å². The third kappa shape index (κ3) is 4.17. The molecule has 7 nitrogen and oxygen atoms in total. The van der Waals surface area contributed by atoms with E-state index in [1.165, 1.54) is 14.2 Å². The molecule has 2 aromatic rings. The maximum absolute atomic E-state index is 13.4. The molecule has 0 N–H and O–H groups in total. The third-order valence-electron chi connectivity index (χ3n) is 5.07. The van der Waals surface area contributed by atoms with Crippen LogP contribution >= 0.6 is 0 Å². The van der Waals surface area contributed by atoms with Crippen molar-refractivity contribution in [2.75, 3.05) is 36.2 Å². The smallest absolute Gasteiger partial charge is 0.250 e. The summed E-state index contributed by atoms with van der Waals surface area (Å²) in [5.41, 5.74) is 2.19. The first-order chi connectivity index (χ1) is 13.8. The van der Waals surface area contributed by atoms with Gasteiger partial charge in [0.15, 0.2) is 0 Å². The molecular weight excluding hydrogens is 392 g/mol. The van der Waals surface area contributed by atoms with Crippen LogP contribution in [0.2, 0.25) is 0 Å². The second-order valence-electron chi connectivity index (χ2n) is 6.99. The highest BCUT2D eigenvalue weighted by Crippen LogP contribution is 2.36. The second-order valence-corrected chi connectivity index (χ2v) is 8.85. The Kier molecular flexibility index (Phi) is 6.02. The number of aryl methyl sites for hydroxylation is 1. The molecule has 1 atom stereocenters. The third-order valence-corrected chi connectivity index (χ3v) is 6.29. The first-order valence-electron chi connectivity index (χ1n) is 9.38. The van der Waals surface area contributed by atoms with Gasteiger partial charge >= 0.3 is 0 Å². The molecule has 0 aromatic heterocycles. The minimum atomic E-state index is -3.79.